The van der Waals surface area contributed by atoms with Crippen LogP contribution in [-0.4, -0.2) is 49.6 Å². The lowest BCUT2D eigenvalue weighted by molar-refractivity contribution is -0.140. The van der Waals surface area contributed by atoms with Crippen molar-refractivity contribution >= 4 is 17.6 Å². The minimum absolute atomic E-state index is 0.108. The van der Waals surface area contributed by atoms with E-state index in [9.17, 15) is 9.59 Å². The molecule has 0 radical (unpaired) electrons. The van der Waals surface area contributed by atoms with Crippen LogP contribution in [0.2, 0.25) is 0 Å². The Labute approximate surface area is 138 Å². The molecule has 2 rings (SSSR count). The zero-order chi connectivity index (χ0) is 17.0. The van der Waals surface area contributed by atoms with Crippen molar-refractivity contribution in [1.29, 1.82) is 0 Å². The van der Waals surface area contributed by atoms with Gasteiger partial charge in [0.15, 0.2) is 6.61 Å². The van der Waals surface area contributed by atoms with E-state index in [1.54, 1.807) is 12.1 Å². The molecule has 1 aliphatic heterocycles. The average Bonchev–Trinajstić information content (AvgIpc) is 2.52. The number of esters is 1. The fourth-order valence-corrected chi connectivity index (χ4v) is 3.09. The minimum atomic E-state index is -0.457. The summed E-state index contributed by atoms with van der Waals surface area (Å²) >= 11 is 0. The van der Waals surface area contributed by atoms with Gasteiger partial charge < -0.3 is 14.5 Å². The summed E-state index contributed by atoms with van der Waals surface area (Å²) in [5.41, 5.74) is 1.47. The number of hydrogen-bond donors (Lipinski definition) is 0. The van der Waals surface area contributed by atoms with Gasteiger partial charge in [0.25, 0.3) is 5.91 Å². The SMILES string of the molecule is C[C@@H]1CCC[C@@H](C)N1C(=O)COC(=O)c1ccc(N(C)C)cc1. The lowest BCUT2D eigenvalue weighted by Crippen LogP contribution is -2.49. The Kier molecular flexibility index (Phi) is 5.64. The van der Waals surface area contributed by atoms with Crippen LogP contribution in [-0.2, 0) is 9.53 Å². The van der Waals surface area contributed by atoms with Gasteiger partial charge in [0.1, 0.15) is 0 Å². The Bertz CT molecular complexity index is 544. The summed E-state index contributed by atoms with van der Waals surface area (Å²) in [7, 11) is 3.87. The lowest BCUT2D eigenvalue weighted by atomic mass is 9.97. The van der Waals surface area contributed by atoms with Crippen molar-refractivity contribution in [2.45, 2.75) is 45.2 Å². The summed E-state index contributed by atoms with van der Waals surface area (Å²) in [5.74, 6) is -0.566. The number of benzene rings is 1. The van der Waals surface area contributed by atoms with Crippen molar-refractivity contribution in [3.05, 3.63) is 29.8 Å². The van der Waals surface area contributed by atoms with E-state index in [-0.39, 0.29) is 24.6 Å². The zero-order valence-electron chi connectivity index (χ0n) is 14.4. The van der Waals surface area contributed by atoms with E-state index < -0.39 is 5.97 Å². The highest BCUT2D eigenvalue weighted by Crippen LogP contribution is 2.22. The smallest absolute Gasteiger partial charge is 0.338 e. The molecule has 1 aliphatic rings. The predicted octanol–water partition coefficient (Wildman–Crippen LogP) is 2.70. The van der Waals surface area contributed by atoms with E-state index in [1.165, 1.54) is 0 Å². The summed E-state index contributed by atoms with van der Waals surface area (Å²) < 4.78 is 5.20. The van der Waals surface area contributed by atoms with E-state index >= 15 is 0 Å². The van der Waals surface area contributed by atoms with Crippen LogP contribution >= 0.6 is 0 Å². The molecule has 0 spiro atoms. The summed E-state index contributed by atoms with van der Waals surface area (Å²) in [5, 5.41) is 0. The second-order valence-electron chi connectivity index (χ2n) is 6.45. The summed E-state index contributed by atoms with van der Waals surface area (Å²) in [6, 6.07) is 7.57. The molecule has 1 fully saturated rings. The van der Waals surface area contributed by atoms with Gasteiger partial charge in [0.05, 0.1) is 5.56 Å². The number of anilines is 1. The molecule has 5 heteroatoms. The third kappa shape index (κ3) is 4.24. The van der Waals surface area contributed by atoms with Crippen molar-refractivity contribution in [2.75, 3.05) is 25.6 Å². The molecule has 0 N–H and O–H groups in total. The van der Waals surface area contributed by atoms with E-state index in [0.29, 0.717) is 5.56 Å². The predicted molar refractivity (Wildman–Crippen MR) is 90.7 cm³/mol. The standard InChI is InChI=1S/C18H26N2O3/c1-13-6-5-7-14(2)20(13)17(21)12-23-18(22)15-8-10-16(11-9-15)19(3)4/h8-11,13-14H,5-7,12H2,1-4H3/t13-,14-/m1/s1. The monoisotopic (exact) mass is 318 g/mol. The zero-order valence-corrected chi connectivity index (χ0v) is 14.4. The molecule has 1 saturated heterocycles. The number of hydrogen-bond acceptors (Lipinski definition) is 4. The molecule has 0 saturated carbocycles. The maximum Gasteiger partial charge on any atom is 0.338 e. The molecule has 0 aliphatic carbocycles. The number of likely N-dealkylation sites (tertiary alicyclic amines) is 1. The van der Waals surface area contributed by atoms with E-state index in [2.05, 4.69) is 13.8 Å². The quantitative estimate of drug-likeness (QED) is 0.801. The summed E-state index contributed by atoms with van der Waals surface area (Å²) in [6.45, 7) is 3.91. The van der Waals surface area contributed by atoms with Gasteiger partial charge in [-0.3, -0.25) is 4.79 Å². The number of rotatable bonds is 4. The molecule has 1 aromatic rings. The van der Waals surface area contributed by atoms with Crippen LogP contribution in [0.3, 0.4) is 0 Å². The topological polar surface area (TPSA) is 49.9 Å². The minimum Gasteiger partial charge on any atom is -0.452 e. The van der Waals surface area contributed by atoms with Crippen molar-refractivity contribution in [3.8, 4) is 0 Å². The van der Waals surface area contributed by atoms with Crippen LogP contribution in [0.5, 0.6) is 0 Å². The van der Waals surface area contributed by atoms with Gasteiger partial charge in [-0.2, -0.15) is 0 Å². The molecule has 126 valence electrons. The van der Waals surface area contributed by atoms with Gasteiger partial charge in [-0.1, -0.05) is 0 Å². The van der Waals surface area contributed by atoms with E-state index in [1.807, 2.05) is 36.0 Å². The summed E-state index contributed by atoms with van der Waals surface area (Å²) in [6.07, 6.45) is 3.16. The van der Waals surface area contributed by atoms with E-state index in [0.717, 1.165) is 24.9 Å². The normalized spacial score (nSPS) is 21.0. The van der Waals surface area contributed by atoms with Gasteiger partial charge in [0, 0.05) is 31.9 Å². The van der Waals surface area contributed by atoms with Crippen molar-refractivity contribution in [2.24, 2.45) is 0 Å². The first-order valence-electron chi connectivity index (χ1n) is 8.16. The molecule has 23 heavy (non-hydrogen) atoms. The van der Waals surface area contributed by atoms with Crippen LogP contribution in [0.25, 0.3) is 0 Å². The van der Waals surface area contributed by atoms with Crippen LogP contribution < -0.4 is 4.90 Å². The highest BCUT2D eigenvalue weighted by Gasteiger charge is 2.29. The summed E-state index contributed by atoms with van der Waals surface area (Å²) in [4.78, 5) is 28.2. The van der Waals surface area contributed by atoms with Crippen molar-refractivity contribution < 1.29 is 14.3 Å². The second-order valence-corrected chi connectivity index (χ2v) is 6.45. The molecular weight excluding hydrogens is 292 g/mol. The first kappa shape index (κ1) is 17.3. The van der Waals surface area contributed by atoms with Crippen LogP contribution in [0.4, 0.5) is 5.69 Å². The number of ether oxygens (including phenoxy) is 1. The fourth-order valence-electron chi connectivity index (χ4n) is 3.09. The fraction of sp³-hybridized carbons (Fsp3) is 0.556. The molecule has 0 aromatic heterocycles. The van der Waals surface area contributed by atoms with Gasteiger partial charge in [-0.15, -0.1) is 0 Å². The second kappa shape index (κ2) is 7.49. The maximum atomic E-state index is 12.3. The van der Waals surface area contributed by atoms with Crippen LogP contribution in [0, 0.1) is 0 Å². The Morgan fingerprint density at radius 3 is 2.22 bits per heavy atom. The van der Waals surface area contributed by atoms with Crippen molar-refractivity contribution in [1.82, 2.24) is 4.90 Å². The number of carbonyl (C=O) groups is 2. The van der Waals surface area contributed by atoms with Gasteiger partial charge in [-0.05, 0) is 57.4 Å². The molecule has 2 atom stereocenters. The van der Waals surface area contributed by atoms with Crippen LogP contribution in [0.1, 0.15) is 43.5 Å². The number of nitrogens with zero attached hydrogens (tertiary/aromatic N) is 2. The van der Waals surface area contributed by atoms with Crippen molar-refractivity contribution in [3.63, 3.8) is 0 Å². The first-order chi connectivity index (χ1) is 10.9. The van der Waals surface area contributed by atoms with E-state index in [4.69, 9.17) is 4.74 Å². The van der Waals surface area contributed by atoms with Gasteiger partial charge in [-0.25, -0.2) is 4.79 Å². The molecule has 5 nitrogen and oxygen atoms in total. The Morgan fingerprint density at radius 2 is 1.70 bits per heavy atom. The molecule has 1 heterocycles. The number of carbonyl (C=O) groups excluding carboxylic acids is 2. The largest absolute Gasteiger partial charge is 0.452 e. The Morgan fingerprint density at radius 1 is 1.13 bits per heavy atom. The third-order valence-corrected chi connectivity index (χ3v) is 4.43. The maximum absolute atomic E-state index is 12.3. The molecule has 0 unspecified atom stereocenters. The average molecular weight is 318 g/mol. The van der Waals surface area contributed by atoms with Gasteiger partial charge >= 0.3 is 5.97 Å². The highest BCUT2D eigenvalue weighted by molar-refractivity contribution is 5.91. The Hall–Kier alpha value is -2.04. The molecule has 0 bridgehead atoms. The third-order valence-electron chi connectivity index (χ3n) is 4.43. The number of amides is 1. The van der Waals surface area contributed by atoms with Crippen LogP contribution in [0.15, 0.2) is 24.3 Å². The lowest BCUT2D eigenvalue weighted by Gasteiger charge is -2.38. The first-order valence-corrected chi connectivity index (χ1v) is 8.16. The highest BCUT2D eigenvalue weighted by atomic mass is 16.5. The molecular formula is C18H26N2O3. The number of piperidine rings is 1. The Balaban J connectivity index is 1.91. The van der Waals surface area contributed by atoms with Gasteiger partial charge in [0.2, 0.25) is 0 Å². The molecule has 1 amide bonds. The molecule has 1 aromatic carbocycles.